The molecule has 0 aliphatic rings. The van der Waals surface area contributed by atoms with Gasteiger partial charge in [0.25, 0.3) is 0 Å². The third-order valence-electron chi connectivity index (χ3n) is 4.67. The first kappa shape index (κ1) is 21.4. The maximum atomic E-state index is 12.2. The van der Waals surface area contributed by atoms with Crippen molar-refractivity contribution in [3.05, 3.63) is 72.3 Å². The van der Waals surface area contributed by atoms with E-state index in [-0.39, 0.29) is 0 Å². The van der Waals surface area contributed by atoms with E-state index in [4.69, 9.17) is 9.47 Å². The number of hydrogen-bond donors (Lipinski definition) is 1. The van der Waals surface area contributed by atoms with Crippen LogP contribution in [0.3, 0.4) is 0 Å². The first-order chi connectivity index (χ1) is 14.3. The lowest BCUT2D eigenvalue weighted by atomic mass is 9.96. The second kappa shape index (κ2) is 8.99. The predicted molar refractivity (Wildman–Crippen MR) is 118 cm³/mol. The van der Waals surface area contributed by atoms with Gasteiger partial charge in [0, 0.05) is 6.42 Å². The Kier molecular flexibility index (Phi) is 6.40. The van der Waals surface area contributed by atoms with Gasteiger partial charge in [0.2, 0.25) is 0 Å². The van der Waals surface area contributed by atoms with Crippen molar-refractivity contribution in [1.29, 1.82) is 0 Å². The van der Waals surface area contributed by atoms with E-state index in [0.29, 0.717) is 6.42 Å². The average molecular weight is 405 g/mol. The number of carbonyl (C=O) groups excluding carboxylic acids is 2. The Morgan fingerprint density at radius 3 is 2.27 bits per heavy atom. The highest BCUT2D eigenvalue weighted by Gasteiger charge is 2.25. The minimum atomic E-state index is -0.826. The molecule has 5 heteroatoms. The van der Waals surface area contributed by atoms with Gasteiger partial charge in [-0.05, 0) is 48.2 Å². The Hall–Kier alpha value is -3.34. The van der Waals surface area contributed by atoms with E-state index in [0.717, 1.165) is 16.7 Å². The van der Waals surface area contributed by atoms with Crippen molar-refractivity contribution >= 4 is 22.8 Å². The lowest BCUT2D eigenvalue weighted by Crippen LogP contribution is -2.45. The van der Waals surface area contributed by atoms with Crippen molar-refractivity contribution in [3.8, 4) is 11.1 Å². The van der Waals surface area contributed by atoms with E-state index in [1.807, 2.05) is 42.5 Å². The molecule has 3 aromatic rings. The van der Waals surface area contributed by atoms with E-state index in [2.05, 4.69) is 29.6 Å². The van der Waals surface area contributed by atoms with Crippen LogP contribution in [0.2, 0.25) is 0 Å². The molecule has 1 amide bonds. The summed E-state index contributed by atoms with van der Waals surface area (Å²) in [5.74, 6) is -0.515. The molecule has 0 heterocycles. The van der Waals surface area contributed by atoms with E-state index in [1.165, 1.54) is 17.9 Å². The van der Waals surface area contributed by atoms with Gasteiger partial charge in [0.05, 0.1) is 7.11 Å². The predicted octanol–water partition coefficient (Wildman–Crippen LogP) is 5.12. The van der Waals surface area contributed by atoms with Gasteiger partial charge in [0.1, 0.15) is 11.6 Å². The topological polar surface area (TPSA) is 64.6 Å². The molecule has 0 radical (unpaired) electrons. The van der Waals surface area contributed by atoms with Gasteiger partial charge >= 0.3 is 12.1 Å². The number of alkyl carbamates (subject to hydrolysis) is 1. The van der Waals surface area contributed by atoms with Crippen molar-refractivity contribution in [2.45, 2.75) is 38.8 Å². The number of carbonyl (C=O) groups is 2. The van der Waals surface area contributed by atoms with Crippen LogP contribution in [-0.2, 0) is 20.7 Å². The molecule has 0 fully saturated rings. The minimum Gasteiger partial charge on any atom is -0.467 e. The molecule has 0 aliphatic carbocycles. The first-order valence-corrected chi connectivity index (χ1v) is 9.91. The Bertz CT molecular complexity index is 1030. The number of esters is 1. The number of hydrogen-bond acceptors (Lipinski definition) is 4. The second-order valence-corrected chi connectivity index (χ2v) is 8.15. The van der Waals surface area contributed by atoms with Crippen LogP contribution in [-0.4, -0.2) is 30.8 Å². The van der Waals surface area contributed by atoms with Gasteiger partial charge in [-0.1, -0.05) is 66.7 Å². The van der Waals surface area contributed by atoms with E-state index in [1.54, 1.807) is 20.8 Å². The largest absolute Gasteiger partial charge is 0.467 e. The molecular formula is C25H27NO4. The summed E-state index contributed by atoms with van der Waals surface area (Å²) in [6.07, 6.45) is -0.341. The molecule has 0 bridgehead atoms. The number of fused-ring (bicyclic) bond motifs is 1. The third-order valence-corrected chi connectivity index (χ3v) is 4.67. The normalized spacial score (nSPS) is 12.3. The molecule has 30 heavy (non-hydrogen) atoms. The van der Waals surface area contributed by atoms with Gasteiger partial charge in [-0.25, -0.2) is 9.59 Å². The first-order valence-electron chi connectivity index (χ1n) is 9.91. The number of rotatable bonds is 5. The highest BCUT2D eigenvalue weighted by atomic mass is 16.6. The summed E-state index contributed by atoms with van der Waals surface area (Å²) in [5, 5.41) is 4.98. The van der Waals surface area contributed by atoms with Gasteiger partial charge in [-0.3, -0.25) is 0 Å². The van der Waals surface area contributed by atoms with E-state index in [9.17, 15) is 9.59 Å². The van der Waals surface area contributed by atoms with Crippen LogP contribution >= 0.6 is 0 Å². The number of ether oxygens (including phenoxy) is 2. The molecule has 3 rings (SSSR count). The minimum absolute atomic E-state index is 0.307. The summed E-state index contributed by atoms with van der Waals surface area (Å²) in [6, 6.07) is 21.6. The molecule has 1 N–H and O–H groups in total. The summed E-state index contributed by atoms with van der Waals surface area (Å²) in [7, 11) is 1.30. The molecule has 0 aromatic heterocycles. The summed E-state index contributed by atoms with van der Waals surface area (Å²) >= 11 is 0. The van der Waals surface area contributed by atoms with Crippen molar-refractivity contribution in [2.75, 3.05) is 7.11 Å². The quantitative estimate of drug-likeness (QED) is 0.599. The zero-order valence-electron chi connectivity index (χ0n) is 17.8. The number of methoxy groups -OCH3 is 1. The summed E-state index contributed by atoms with van der Waals surface area (Å²) in [4.78, 5) is 24.3. The standard InChI is InChI=1S/C25H27NO4/c1-25(2,3)30-24(28)26-22(23(27)29-4)16-17-12-14-19(15-13-17)21-11-7-9-18-8-5-6-10-20(18)21/h5-15,22H,16H2,1-4H3,(H,26,28). The fourth-order valence-corrected chi connectivity index (χ4v) is 3.32. The average Bonchev–Trinajstić information content (AvgIpc) is 2.71. The molecule has 1 atom stereocenters. The fourth-order valence-electron chi connectivity index (χ4n) is 3.32. The maximum Gasteiger partial charge on any atom is 0.408 e. The van der Waals surface area contributed by atoms with Crippen molar-refractivity contribution in [2.24, 2.45) is 0 Å². The third kappa shape index (κ3) is 5.38. The van der Waals surface area contributed by atoms with Crippen LogP contribution in [0.25, 0.3) is 21.9 Å². The summed E-state index contributed by atoms with van der Waals surface area (Å²) < 4.78 is 10.1. The van der Waals surface area contributed by atoms with Gasteiger partial charge < -0.3 is 14.8 Å². The Morgan fingerprint density at radius 1 is 0.933 bits per heavy atom. The van der Waals surface area contributed by atoms with E-state index >= 15 is 0 Å². The van der Waals surface area contributed by atoms with Crippen LogP contribution in [0, 0.1) is 0 Å². The molecule has 1 unspecified atom stereocenters. The van der Waals surface area contributed by atoms with Gasteiger partial charge in [-0.2, -0.15) is 0 Å². The molecule has 0 saturated carbocycles. The maximum absolute atomic E-state index is 12.2. The number of benzene rings is 3. The summed E-state index contributed by atoms with van der Waals surface area (Å²) in [6.45, 7) is 5.31. The zero-order chi connectivity index (χ0) is 21.7. The molecule has 156 valence electrons. The van der Waals surface area contributed by atoms with Crippen molar-refractivity contribution < 1.29 is 19.1 Å². The van der Waals surface area contributed by atoms with Crippen LogP contribution < -0.4 is 5.32 Å². The Labute approximate surface area is 177 Å². The molecule has 0 spiro atoms. The van der Waals surface area contributed by atoms with Gasteiger partial charge in [-0.15, -0.1) is 0 Å². The summed E-state index contributed by atoms with van der Waals surface area (Å²) in [5.41, 5.74) is 2.50. The van der Waals surface area contributed by atoms with Crippen molar-refractivity contribution in [3.63, 3.8) is 0 Å². The highest BCUT2D eigenvalue weighted by Crippen LogP contribution is 2.28. The van der Waals surface area contributed by atoms with Gasteiger partial charge in [0.15, 0.2) is 0 Å². The second-order valence-electron chi connectivity index (χ2n) is 8.15. The Balaban J connectivity index is 1.78. The lowest BCUT2D eigenvalue weighted by molar-refractivity contribution is -0.143. The Morgan fingerprint density at radius 2 is 1.60 bits per heavy atom. The fraction of sp³-hybridized carbons (Fsp3) is 0.280. The molecule has 0 saturated heterocycles. The molecule has 3 aromatic carbocycles. The van der Waals surface area contributed by atoms with Crippen LogP contribution in [0.15, 0.2) is 66.7 Å². The molecule has 0 aliphatic heterocycles. The van der Waals surface area contributed by atoms with Crippen LogP contribution in [0.5, 0.6) is 0 Å². The highest BCUT2D eigenvalue weighted by molar-refractivity contribution is 5.96. The lowest BCUT2D eigenvalue weighted by Gasteiger charge is -2.22. The van der Waals surface area contributed by atoms with Crippen LogP contribution in [0.4, 0.5) is 4.79 Å². The van der Waals surface area contributed by atoms with Crippen molar-refractivity contribution in [1.82, 2.24) is 5.32 Å². The SMILES string of the molecule is COC(=O)C(Cc1ccc(-c2cccc3ccccc23)cc1)NC(=O)OC(C)(C)C. The zero-order valence-corrected chi connectivity index (χ0v) is 17.8. The smallest absolute Gasteiger partial charge is 0.408 e. The van der Waals surface area contributed by atoms with Crippen LogP contribution in [0.1, 0.15) is 26.3 Å². The molecular weight excluding hydrogens is 378 g/mol. The number of amides is 1. The molecule has 5 nitrogen and oxygen atoms in total. The van der Waals surface area contributed by atoms with E-state index < -0.39 is 23.7 Å². The monoisotopic (exact) mass is 405 g/mol. The number of nitrogens with one attached hydrogen (secondary N) is 1.